The summed E-state index contributed by atoms with van der Waals surface area (Å²) < 4.78 is 133. The third kappa shape index (κ3) is 2.04. The molecule has 0 aromatic heterocycles. The summed E-state index contributed by atoms with van der Waals surface area (Å²) in [6.07, 6.45) is -5.07. The molecule has 1 saturated carbocycles. The molecular weight excluding hydrogens is 362 g/mol. The highest BCUT2D eigenvalue weighted by molar-refractivity contribution is 5.35. The summed E-state index contributed by atoms with van der Waals surface area (Å²) in [7, 11) is 0. The smallest absolute Gasteiger partial charge is 0.234 e. The van der Waals surface area contributed by atoms with Gasteiger partial charge in [0.25, 0.3) is 0 Å². The quantitative estimate of drug-likeness (QED) is 0.383. The molecule has 2 rings (SSSR count). The van der Waals surface area contributed by atoms with E-state index >= 15 is 0 Å². The number of hydrogen-bond acceptors (Lipinski definition) is 2. The van der Waals surface area contributed by atoms with Gasteiger partial charge in [-0.15, -0.1) is 5.11 Å². The van der Waals surface area contributed by atoms with Gasteiger partial charge in [-0.25, -0.2) is 8.78 Å². The Morgan fingerprint density at radius 2 is 1.21 bits per heavy atom. The second kappa shape index (κ2) is 5.06. The van der Waals surface area contributed by atoms with Crippen LogP contribution in [0.15, 0.2) is 40.6 Å². The molecule has 2 unspecified atom stereocenters. The summed E-state index contributed by atoms with van der Waals surface area (Å²) in [4.78, 5) is 0. The van der Waals surface area contributed by atoms with Crippen molar-refractivity contribution in [3.05, 3.63) is 30.3 Å². The molecule has 0 amide bonds. The van der Waals surface area contributed by atoms with E-state index < -0.39 is 41.3 Å². The zero-order valence-corrected chi connectivity index (χ0v) is 11.1. The van der Waals surface area contributed by atoms with Crippen LogP contribution in [0.2, 0.25) is 0 Å². The molecule has 2 nitrogen and oxygen atoms in total. The van der Waals surface area contributed by atoms with E-state index in [1.165, 1.54) is 18.2 Å². The molecule has 1 aliphatic rings. The van der Waals surface area contributed by atoms with Crippen LogP contribution in [0.4, 0.5) is 49.6 Å². The molecule has 0 bridgehead atoms. The van der Waals surface area contributed by atoms with Gasteiger partial charge in [0.15, 0.2) is 0 Å². The van der Waals surface area contributed by atoms with Crippen LogP contribution in [0.5, 0.6) is 0 Å². The number of halogens is 10. The lowest BCUT2D eigenvalue weighted by atomic mass is 9.79. The van der Waals surface area contributed by atoms with Crippen LogP contribution in [0, 0.1) is 0 Å². The summed E-state index contributed by atoms with van der Waals surface area (Å²) in [5.74, 6) is -32.5. The van der Waals surface area contributed by atoms with Gasteiger partial charge in [0.05, 0.1) is 5.69 Å². The first-order valence-corrected chi connectivity index (χ1v) is 6.05. The van der Waals surface area contributed by atoms with Crippen LogP contribution < -0.4 is 0 Å². The van der Waals surface area contributed by atoms with Crippen LogP contribution in [0.25, 0.3) is 0 Å². The predicted octanol–water partition coefficient (Wildman–Crippen LogP) is 5.33. The molecule has 0 radical (unpaired) electrons. The normalized spacial score (nSPS) is 33.5. The van der Waals surface area contributed by atoms with Gasteiger partial charge < -0.3 is 0 Å². The predicted molar refractivity (Wildman–Crippen MR) is 59.5 cm³/mol. The van der Waals surface area contributed by atoms with Crippen molar-refractivity contribution in [1.29, 1.82) is 0 Å². The Morgan fingerprint density at radius 1 is 0.708 bits per heavy atom. The number of benzene rings is 1. The fourth-order valence-electron chi connectivity index (χ4n) is 1.92. The van der Waals surface area contributed by atoms with Gasteiger partial charge in [0, 0.05) is 0 Å². The Labute approximate surface area is 127 Å². The molecule has 0 spiro atoms. The van der Waals surface area contributed by atoms with E-state index in [4.69, 9.17) is 0 Å². The van der Waals surface area contributed by atoms with E-state index in [1.54, 1.807) is 0 Å². The Balaban J connectivity index is 2.61. The minimum Gasteiger partial charge on any atom is -0.234 e. The summed E-state index contributed by atoms with van der Waals surface area (Å²) in [6.45, 7) is 0. The zero-order chi connectivity index (χ0) is 18.6. The van der Waals surface area contributed by atoms with E-state index in [9.17, 15) is 43.9 Å². The van der Waals surface area contributed by atoms with Gasteiger partial charge in [-0.2, -0.15) is 40.2 Å². The number of hydrogen-bond donors (Lipinski definition) is 0. The topological polar surface area (TPSA) is 24.7 Å². The van der Waals surface area contributed by atoms with E-state index in [1.807, 2.05) is 5.11 Å². The minimum absolute atomic E-state index is 0.485. The van der Waals surface area contributed by atoms with Crippen molar-refractivity contribution in [3.63, 3.8) is 0 Å². The maximum absolute atomic E-state index is 14.1. The van der Waals surface area contributed by atoms with Crippen molar-refractivity contribution in [1.82, 2.24) is 0 Å². The monoisotopic (exact) mass is 368 g/mol. The molecular formula is C12H6F10N2. The van der Waals surface area contributed by atoms with E-state index in [2.05, 4.69) is 5.11 Å². The maximum Gasteiger partial charge on any atom is 0.383 e. The third-order valence-electron chi connectivity index (χ3n) is 3.37. The number of alkyl halides is 10. The molecule has 1 aromatic carbocycles. The van der Waals surface area contributed by atoms with Gasteiger partial charge in [-0.05, 0) is 12.1 Å². The molecule has 0 N–H and O–H groups in total. The fourth-order valence-corrected chi connectivity index (χ4v) is 1.92. The second-order valence-corrected chi connectivity index (χ2v) is 4.92. The van der Waals surface area contributed by atoms with Crippen molar-refractivity contribution in [3.8, 4) is 0 Å². The Bertz CT molecular complexity index is 644. The van der Waals surface area contributed by atoms with Gasteiger partial charge in [-0.1, -0.05) is 18.2 Å². The molecule has 12 heteroatoms. The number of rotatable bonds is 2. The zero-order valence-electron chi connectivity index (χ0n) is 11.1. The van der Waals surface area contributed by atoms with E-state index in [-0.39, 0.29) is 0 Å². The molecule has 1 aromatic rings. The average Bonchev–Trinajstić information content (AvgIpc) is 2.51. The fraction of sp³-hybridized carbons (Fsp3) is 0.500. The SMILES string of the molecule is FC1C(F)(F)C(F)(F)C(F)(F)C(F)(F)C1(F)N=Nc1ccccc1. The van der Waals surface area contributed by atoms with Gasteiger partial charge in [0.2, 0.25) is 6.17 Å². The highest BCUT2D eigenvalue weighted by Gasteiger charge is 2.95. The molecule has 0 heterocycles. The van der Waals surface area contributed by atoms with E-state index in [0.29, 0.717) is 0 Å². The van der Waals surface area contributed by atoms with Crippen molar-refractivity contribution >= 4 is 5.69 Å². The molecule has 134 valence electrons. The van der Waals surface area contributed by atoms with Crippen molar-refractivity contribution in [2.45, 2.75) is 35.7 Å². The third-order valence-corrected chi connectivity index (χ3v) is 3.37. The van der Waals surface area contributed by atoms with Gasteiger partial charge >= 0.3 is 29.5 Å². The van der Waals surface area contributed by atoms with E-state index in [0.717, 1.165) is 12.1 Å². The largest absolute Gasteiger partial charge is 0.383 e. The Morgan fingerprint density at radius 3 is 1.71 bits per heavy atom. The molecule has 0 aliphatic heterocycles. The summed E-state index contributed by atoms with van der Waals surface area (Å²) in [5.41, 5.74) is -0.485. The van der Waals surface area contributed by atoms with Crippen LogP contribution in [0.1, 0.15) is 0 Å². The van der Waals surface area contributed by atoms with Crippen molar-refractivity contribution < 1.29 is 43.9 Å². The van der Waals surface area contributed by atoms with Crippen LogP contribution in [-0.2, 0) is 0 Å². The maximum atomic E-state index is 14.1. The summed E-state index contributed by atoms with van der Waals surface area (Å²) in [6, 6.07) is 5.68. The summed E-state index contributed by atoms with van der Waals surface area (Å²) >= 11 is 0. The van der Waals surface area contributed by atoms with Crippen LogP contribution in [0.3, 0.4) is 0 Å². The first kappa shape index (κ1) is 18.5. The van der Waals surface area contributed by atoms with Gasteiger partial charge in [-0.3, -0.25) is 0 Å². The molecule has 0 saturated heterocycles. The van der Waals surface area contributed by atoms with Crippen molar-refractivity contribution in [2.75, 3.05) is 0 Å². The van der Waals surface area contributed by atoms with Crippen LogP contribution in [-0.4, -0.2) is 35.7 Å². The molecule has 1 aliphatic carbocycles. The molecule has 1 fully saturated rings. The van der Waals surface area contributed by atoms with Crippen molar-refractivity contribution in [2.24, 2.45) is 10.2 Å². The van der Waals surface area contributed by atoms with Gasteiger partial charge in [0.1, 0.15) is 0 Å². The first-order valence-electron chi connectivity index (χ1n) is 6.05. The second-order valence-electron chi connectivity index (χ2n) is 4.92. The Kier molecular flexibility index (Phi) is 3.89. The lowest BCUT2D eigenvalue weighted by Gasteiger charge is -2.48. The van der Waals surface area contributed by atoms with Crippen LogP contribution >= 0.6 is 0 Å². The highest BCUT2D eigenvalue weighted by atomic mass is 19.4. The summed E-state index contributed by atoms with van der Waals surface area (Å²) in [5, 5.41) is 4.56. The average molecular weight is 368 g/mol. The standard InChI is InChI=1S/C12H6F10N2/c13-7-8(14,15)10(17,18)12(21,22)11(19,20)9(7,16)24-23-6-4-2-1-3-5-6/h1-5,7H. The number of nitrogens with zero attached hydrogens (tertiary/aromatic N) is 2. The lowest BCUT2D eigenvalue weighted by Crippen LogP contribution is -2.79. The molecule has 24 heavy (non-hydrogen) atoms. The lowest BCUT2D eigenvalue weighted by molar-refractivity contribution is -0.441. The first-order chi connectivity index (χ1) is 10.7. The Hall–Kier alpha value is -1.88. The highest BCUT2D eigenvalue weighted by Crippen LogP contribution is 2.65. The minimum atomic E-state index is -6.92. The molecule has 2 atom stereocenters. The number of azo groups is 1.